The van der Waals surface area contributed by atoms with Crippen molar-refractivity contribution in [3.05, 3.63) is 93.8 Å². The summed E-state index contributed by atoms with van der Waals surface area (Å²) in [5.74, 6) is 1.76. The lowest BCUT2D eigenvalue weighted by Gasteiger charge is -2.14. The lowest BCUT2D eigenvalue weighted by Crippen LogP contribution is -2.20. The average molecular weight is 427 g/mol. The first-order chi connectivity index (χ1) is 15.7. The predicted molar refractivity (Wildman–Crippen MR) is 116 cm³/mol. The number of benzene rings is 3. The topological polar surface area (TPSA) is 76.0 Å². The van der Waals surface area contributed by atoms with Crippen molar-refractivity contribution in [3.63, 3.8) is 0 Å². The molecule has 0 saturated heterocycles. The van der Waals surface area contributed by atoms with E-state index in [1.807, 2.05) is 34.9 Å². The van der Waals surface area contributed by atoms with Crippen LogP contribution in [0.15, 0.2) is 71.7 Å². The highest BCUT2D eigenvalue weighted by Gasteiger charge is 2.23. The van der Waals surface area contributed by atoms with E-state index in [1.165, 1.54) is 0 Å². The molecule has 3 aromatic carbocycles. The fraction of sp³-hybridized carbons (Fsp3) is 0.120. The Balaban J connectivity index is 1.53. The summed E-state index contributed by atoms with van der Waals surface area (Å²) in [6, 6.07) is 18.2. The predicted octanol–water partition coefficient (Wildman–Crippen LogP) is 3.74. The summed E-state index contributed by atoms with van der Waals surface area (Å²) in [6.07, 6.45) is 1.62. The van der Waals surface area contributed by atoms with Crippen molar-refractivity contribution in [2.75, 3.05) is 13.6 Å². The van der Waals surface area contributed by atoms with Crippen molar-refractivity contribution in [2.24, 2.45) is 0 Å². The Kier molecular flexibility index (Phi) is 4.14. The van der Waals surface area contributed by atoms with Crippen molar-refractivity contribution in [1.29, 1.82) is 0 Å². The maximum Gasteiger partial charge on any atom is 0.231 e. The van der Waals surface area contributed by atoms with Gasteiger partial charge in [-0.15, -0.1) is 0 Å². The Morgan fingerprint density at radius 1 is 0.812 bits per heavy atom. The molecule has 32 heavy (non-hydrogen) atoms. The molecule has 0 spiro atoms. The number of aromatic nitrogens is 1. The third-order valence-electron chi connectivity index (χ3n) is 5.65. The number of ketones is 1. The number of rotatable bonds is 4. The zero-order valence-electron chi connectivity index (χ0n) is 16.9. The van der Waals surface area contributed by atoms with Gasteiger partial charge in [-0.2, -0.15) is 0 Å². The van der Waals surface area contributed by atoms with Gasteiger partial charge in [0, 0.05) is 24.4 Å². The number of hydrogen-bond donors (Lipinski definition) is 0. The Morgan fingerprint density at radius 3 is 2.28 bits per heavy atom. The van der Waals surface area contributed by atoms with E-state index in [9.17, 15) is 9.59 Å². The lowest BCUT2D eigenvalue weighted by molar-refractivity contribution is 0.103. The van der Waals surface area contributed by atoms with Gasteiger partial charge in [0.25, 0.3) is 0 Å². The molecular weight excluding hydrogens is 410 g/mol. The van der Waals surface area contributed by atoms with E-state index in [2.05, 4.69) is 0 Å². The van der Waals surface area contributed by atoms with Gasteiger partial charge in [-0.1, -0.05) is 30.3 Å². The summed E-state index contributed by atoms with van der Waals surface area (Å²) in [6.45, 7) is 0.695. The summed E-state index contributed by atoms with van der Waals surface area (Å²) in [5.41, 5.74) is 1.79. The molecule has 0 aliphatic carbocycles. The van der Waals surface area contributed by atoms with Crippen LogP contribution in [0.4, 0.5) is 0 Å². The van der Waals surface area contributed by atoms with Crippen molar-refractivity contribution in [2.45, 2.75) is 6.54 Å². The average Bonchev–Trinajstić information content (AvgIpc) is 3.48. The summed E-state index contributed by atoms with van der Waals surface area (Å²) in [4.78, 5) is 26.8. The Labute approximate surface area is 182 Å². The van der Waals surface area contributed by atoms with Gasteiger partial charge < -0.3 is 23.5 Å². The van der Waals surface area contributed by atoms with Crippen molar-refractivity contribution < 1.29 is 23.7 Å². The van der Waals surface area contributed by atoms with Crippen LogP contribution in [0.5, 0.6) is 23.0 Å². The molecule has 1 aromatic heterocycles. The van der Waals surface area contributed by atoms with Crippen LogP contribution < -0.4 is 24.4 Å². The molecule has 7 nitrogen and oxygen atoms in total. The van der Waals surface area contributed by atoms with Crippen LogP contribution in [0.1, 0.15) is 21.5 Å². The van der Waals surface area contributed by atoms with Gasteiger partial charge in [0.05, 0.1) is 16.5 Å². The highest BCUT2D eigenvalue weighted by molar-refractivity contribution is 6.10. The molecule has 0 N–H and O–H groups in total. The SMILES string of the molecule is O=C(c1ccc2c(c1)OCO2)c1cn(Cc2ccccc2)c2cc3c(cc2c1=O)OCO3. The van der Waals surface area contributed by atoms with Crippen LogP contribution in [-0.4, -0.2) is 23.9 Å². The maximum atomic E-state index is 13.4. The van der Waals surface area contributed by atoms with Gasteiger partial charge in [0.1, 0.15) is 0 Å². The van der Waals surface area contributed by atoms with Crippen LogP contribution in [0.2, 0.25) is 0 Å². The molecule has 0 saturated carbocycles. The monoisotopic (exact) mass is 427 g/mol. The fourth-order valence-corrected chi connectivity index (χ4v) is 4.05. The molecule has 4 aromatic rings. The van der Waals surface area contributed by atoms with Crippen molar-refractivity contribution in [1.82, 2.24) is 4.57 Å². The Bertz CT molecular complexity index is 1440. The van der Waals surface area contributed by atoms with E-state index in [4.69, 9.17) is 18.9 Å². The van der Waals surface area contributed by atoms with Gasteiger partial charge in [-0.3, -0.25) is 9.59 Å². The minimum Gasteiger partial charge on any atom is -0.454 e. The molecule has 0 amide bonds. The molecule has 7 heteroatoms. The van der Waals surface area contributed by atoms with Crippen LogP contribution in [-0.2, 0) is 6.54 Å². The molecule has 0 unspecified atom stereocenters. The van der Waals surface area contributed by atoms with Crippen molar-refractivity contribution in [3.8, 4) is 23.0 Å². The zero-order valence-corrected chi connectivity index (χ0v) is 16.9. The second-order valence-electron chi connectivity index (χ2n) is 7.61. The van der Waals surface area contributed by atoms with E-state index in [-0.39, 0.29) is 30.4 Å². The number of ether oxygens (including phenoxy) is 4. The van der Waals surface area contributed by atoms with Crippen LogP contribution >= 0.6 is 0 Å². The van der Waals surface area contributed by atoms with E-state index < -0.39 is 0 Å². The standard InChI is InChI=1S/C25H17NO6/c27-24(16-6-7-20-21(8-16)30-13-29-20)18-12-26(11-15-4-2-1-3-5-15)19-10-23-22(31-14-32-23)9-17(19)25(18)28/h1-10,12H,11,13-14H2. The normalized spacial score (nSPS) is 13.5. The van der Waals surface area contributed by atoms with Gasteiger partial charge in [0.15, 0.2) is 28.8 Å². The largest absolute Gasteiger partial charge is 0.454 e. The van der Waals surface area contributed by atoms with Crippen molar-refractivity contribution >= 4 is 16.7 Å². The molecule has 0 fully saturated rings. The smallest absolute Gasteiger partial charge is 0.231 e. The third kappa shape index (κ3) is 2.98. The number of carbonyl (C=O) groups is 1. The number of pyridine rings is 1. The molecule has 0 radical (unpaired) electrons. The lowest BCUT2D eigenvalue weighted by atomic mass is 10.0. The van der Waals surface area contributed by atoms with Crippen LogP contribution in [0.25, 0.3) is 10.9 Å². The Morgan fingerprint density at radius 2 is 1.50 bits per heavy atom. The van der Waals surface area contributed by atoms with E-state index >= 15 is 0 Å². The zero-order chi connectivity index (χ0) is 21.7. The molecule has 2 aliphatic rings. The first kappa shape index (κ1) is 18.5. The summed E-state index contributed by atoms with van der Waals surface area (Å²) in [5, 5.41) is 0.400. The molecule has 0 bridgehead atoms. The Hall–Kier alpha value is -4.26. The second-order valence-corrected chi connectivity index (χ2v) is 7.61. The summed E-state index contributed by atoms with van der Waals surface area (Å²) >= 11 is 0. The summed E-state index contributed by atoms with van der Waals surface area (Å²) in [7, 11) is 0. The maximum absolute atomic E-state index is 13.4. The minimum atomic E-state index is -0.380. The first-order valence-electron chi connectivity index (χ1n) is 10.1. The second kappa shape index (κ2) is 7.16. The third-order valence-corrected chi connectivity index (χ3v) is 5.65. The quantitative estimate of drug-likeness (QED) is 0.462. The summed E-state index contributed by atoms with van der Waals surface area (Å²) < 4.78 is 23.6. The fourth-order valence-electron chi connectivity index (χ4n) is 4.05. The van der Waals surface area contributed by atoms with Crippen LogP contribution in [0.3, 0.4) is 0 Å². The van der Waals surface area contributed by atoms with E-state index in [0.29, 0.717) is 46.0 Å². The van der Waals surface area contributed by atoms with Gasteiger partial charge >= 0.3 is 0 Å². The van der Waals surface area contributed by atoms with E-state index in [1.54, 1.807) is 36.5 Å². The highest BCUT2D eigenvalue weighted by Crippen LogP contribution is 2.36. The molecule has 158 valence electrons. The first-order valence-corrected chi connectivity index (χ1v) is 10.1. The number of fused-ring (bicyclic) bond motifs is 3. The molecule has 2 aliphatic heterocycles. The molecule has 0 atom stereocenters. The van der Waals surface area contributed by atoms with Crippen LogP contribution in [0, 0.1) is 0 Å². The van der Waals surface area contributed by atoms with Gasteiger partial charge in [0.2, 0.25) is 19.0 Å². The molecular formula is C25H17NO6. The highest BCUT2D eigenvalue weighted by atomic mass is 16.7. The molecule has 3 heterocycles. The van der Waals surface area contributed by atoms with Gasteiger partial charge in [-0.25, -0.2) is 0 Å². The number of hydrogen-bond acceptors (Lipinski definition) is 6. The number of nitrogens with zero attached hydrogens (tertiary/aromatic N) is 1. The number of carbonyl (C=O) groups excluding carboxylic acids is 1. The molecule has 6 rings (SSSR count). The van der Waals surface area contributed by atoms with Gasteiger partial charge in [-0.05, 0) is 29.8 Å². The minimum absolute atomic E-state index is 0.0751. The van der Waals surface area contributed by atoms with E-state index in [0.717, 1.165) is 5.56 Å².